The molecule has 4 heteroatoms. The van der Waals surface area contributed by atoms with Gasteiger partial charge in [0.25, 0.3) is 0 Å². The minimum atomic E-state index is 0.193. The highest BCUT2D eigenvalue weighted by molar-refractivity contribution is 4.66. The topological polar surface area (TPSA) is 50.5 Å². The van der Waals surface area contributed by atoms with Gasteiger partial charge in [0.2, 0.25) is 0 Å². The summed E-state index contributed by atoms with van der Waals surface area (Å²) in [5.41, 5.74) is 2.65. The molecule has 4 nitrogen and oxygen atoms in total. The van der Waals surface area contributed by atoms with E-state index in [1.807, 2.05) is 7.05 Å². The first-order valence-electron chi connectivity index (χ1n) is 3.08. The van der Waals surface area contributed by atoms with Crippen LogP contribution in [0.15, 0.2) is 0 Å². The first-order valence-corrected chi connectivity index (χ1v) is 3.08. The van der Waals surface area contributed by atoms with Gasteiger partial charge < -0.3 is 4.74 Å². The highest BCUT2D eigenvalue weighted by Crippen LogP contribution is 1.98. The van der Waals surface area contributed by atoms with Crippen LogP contribution in [-0.4, -0.2) is 37.9 Å². The fourth-order valence-corrected chi connectivity index (χ4v) is 0.862. The molecule has 1 fully saturated rings. The van der Waals surface area contributed by atoms with E-state index in [1.54, 1.807) is 0 Å². The Morgan fingerprint density at radius 1 is 1.78 bits per heavy atom. The number of ether oxygens (including phenoxy) is 1. The zero-order valence-electron chi connectivity index (χ0n) is 5.63. The molecule has 0 bridgehead atoms. The van der Waals surface area contributed by atoms with Crippen LogP contribution in [0.1, 0.15) is 0 Å². The summed E-state index contributed by atoms with van der Waals surface area (Å²) in [5.74, 6) is 5.22. The normalized spacial score (nSPS) is 30.7. The summed E-state index contributed by atoms with van der Waals surface area (Å²) in [7, 11) is 2.02. The molecule has 0 aromatic rings. The van der Waals surface area contributed by atoms with Gasteiger partial charge in [0.1, 0.15) is 0 Å². The van der Waals surface area contributed by atoms with E-state index in [0.29, 0.717) is 6.61 Å². The van der Waals surface area contributed by atoms with Crippen LogP contribution in [0.5, 0.6) is 0 Å². The number of hydrazine groups is 1. The maximum absolute atomic E-state index is 5.22. The first-order chi connectivity index (χ1) is 4.34. The Balaban J connectivity index is 2.30. The minimum absolute atomic E-state index is 0.193. The molecule has 3 N–H and O–H groups in total. The molecule has 54 valence electrons. The number of nitrogens with two attached hydrogens (primary N) is 1. The van der Waals surface area contributed by atoms with Crippen molar-refractivity contribution in [2.24, 2.45) is 5.84 Å². The van der Waals surface area contributed by atoms with Crippen LogP contribution in [0.3, 0.4) is 0 Å². The maximum Gasteiger partial charge on any atom is 0.0961 e. The van der Waals surface area contributed by atoms with Gasteiger partial charge in [-0.2, -0.15) is 0 Å². The second-order valence-corrected chi connectivity index (χ2v) is 2.24. The number of nitrogens with zero attached hydrogens (tertiary/aromatic N) is 1. The van der Waals surface area contributed by atoms with E-state index in [4.69, 9.17) is 10.6 Å². The Hall–Kier alpha value is -0.160. The van der Waals surface area contributed by atoms with Crippen molar-refractivity contribution in [3.8, 4) is 0 Å². The summed E-state index contributed by atoms with van der Waals surface area (Å²) in [5, 5.41) is 0. The number of morpholine rings is 1. The third-order valence-electron chi connectivity index (χ3n) is 1.59. The summed E-state index contributed by atoms with van der Waals surface area (Å²) in [6, 6.07) is 0. The summed E-state index contributed by atoms with van der Waals surface area (Å²) < 4.78 is 5.16. The zero-order valence-corrected chi connectivity index (χ0v) is 5.63. The molecule has 0 amide bonds. The monoisotopic (exact) mass is 131 g/mol. The van der Waals surface area contributed by atoms with Crippen LogP contribution < -0.4 is 11.3 Å². The summed E-state index contributed by atoms with van der Waals surface area (Å²) in [6.07, 6.45) is 0.193. The van der Waals surface area contributed by atoms with Gasteiger partial charge in [-0.05, 0) is 7.05 Å². The highest BCUT2D eigenvalue weighted by atomic mass is 16.5. The lowest BCUT2D eigenvalue weighted by Gasteiger charge is -2.31. The van der Waals surface area contributed by atoms with Gasteiger partial charge in [-0.3, -0.25) is 10.7 Å². The van der Waals surface area contributed by atoms with Crippen molar-refractivity contribution in [3.63, 3.8) is 0 Å². The summed E-state index contributed by atoms with van der Waals surface area (Å²) in [4.78, 5) is 2.13. The van der Waals surface area contributed by atoms with Crippen molar-refractivity contribution < 1.29 is 4.74 Å². The van der Waals surface area contributed by atoms with Crippen molar-refractivity contribution in [1.82, 2.24) is 10.3 Å². The van der Waals surface area contributed by atoms with E-state index in [9.17, 15) is 0 Å². The Labute approximate surface area is 54.9 Å². The molecule has 1 saturated heterocycles. The van der Waals surface area contributed by atoms with Crippen LogP contribution in [0.4, 0.5) is 0 Å². The molecule has 0 spiro atoms. The van der Waals surface area contributed by atoms with Crippen LogP contribution in [-0.2, 0) is 4.74 Å². The van der Waals surface area contributed by atoms with Crippen LogP contribution in [0.25, 0.3) is 0 Å². The Morgan fingerprint density at radius 2 is 2.56 bits per heavy atom. The average Bonchev–Trinajstić information content (AvgIpc) is 1.89. The van der Waals surface area contributed by atoms with Gasteiger partial charge in [-0.15, -0.1) is 0 Å². The van der Waals surface area contributed by atoms with Crippen LogP contribution >= 0.6 is 0 Å². The number of hydrogen-bond acceptors (Lipinski definition) is 4. The zero-order chi connectivity index (χ0) is 6.69. The smallest absolute Gasteiger partial charge is 0.0961 e. The lowest BCUT2D eigenvalue weighted by Crippen LogP contribution is -2.53. The predicted molar refractivity (Wildman–Crippen MR) is 34.6 cm³/mol. The van der Waals surface area contributed by atoms with Gasteiger partial charge in [0.05, 0.1) is 19.4 Å². The van der Waals surface area contributed by atoms with E-state index in [1.165, 1.54) is 0 Å². The van der Waals surface area contributed by atoms with E-state index in [2.05, 4.69) is 10.3 Å². The molecule has 1 unspecified atom stereocenters. The first kappa shape index (κ1) is 6.95. The van der Waals surface area contributed by atoms with Crippen molar-refractivity contribution >= 4 is 0 Å². The molecule has 1 atom stereocenters. The van der Waals surface area contributed by atoms with Crippen LogP contribution in [0, 0.1) is 0 Å². The molecule has 1 rings (SSSR count). The fourth-order valence-electron chi connectivity index (χ4n) is 0.862. The molecule has 0 aliphatic carbocycles. The predicted octanol–water partition coefficient (Wildman–Crippen LogP) is -1.26. The highest BCUT2D eigenvalue weighted by Gasteiger charge is 2.16. The Kier molecular flexibility index (Phi) is 2.41. The lowest BCUT2D eigenvalue weighted by molar-refractivity contribution is -0.00708. The Morgan fingerprint density at radius 3 is 3.00 bits per heavy atom. The fraction of sp³-hybridized carbons (Fsp3) is 1.00. The van der Waals surface area contributed by atoms with Crippen LogP contribution in [0.2, 0.25) is 0 Å². The Bertz CT molecular complexity index is 88.3. The standard InChI is InChI=1S/C5H13N3O/c1-8-2-3-9-4-5(8)7-6/h5,7H,2-4,6H2,1H3. The second-order valence-electron chi connectivity index (χ2n) is 2.24. The average molecular weight is 131 g/mol. The number of likely N-dealkylation sites (N-methyl/N-ethyl adjacent to an activating group) is 1. The maximum atomic E-state index is 5.22. The van der Waals surface area contributed by atoms with E-state index in [0.717, 1.165) is 13.2 Å². The summed E-state index contributed by atoms with van der Waals surface area (Å²) in [6.45, 7) is 2.45. The summed E-state index contributed by atoms with van der Waals surface area (Å²) >= 11 is 0. The number of rotatable bonds is 1. The van der Waals surface area contributed by atoms with Gasteiger partial charge in [0.15, 0.2) is 0 Å². The molecule has 9 heavy (non-hydrogen) atoms. The molecule has 0 saturated carbocycles. The SMILES string of the molecule is CN1CCOCC1NN. The van der Waals surface area contributed by atoms with Gasteiger partial charge in [-0.1, -0.05) is 0 Å². The van der Waals surface area contributed by atoms with Crippen molar-refractivity contribution in [2.45, 2.75) is 6.17 Å². The molecule has 1 heterocycles. The third-order valence-corrected chi connectivity index (χ3v) is 1.59. The number of nitrogens with one attached hydrogen (secondary N) is 1. The van der Waals surface area contributed by atoms with Gasteiger partial charge in [0, 0.05) is 6.54 Å². The molecular formula is C5H13N3O. The van der Waals surface area contributed by atoms with Crippen molar-refractivity contribution in [2.75, 3.05) is 26.8 Å². The molecule has 1 aliphatic rings. The largest absolute Gasteiger partial charge is 0.377 e. The quantitative estimate of drug-likeness (QED) is 0.344. The molecular weight excluding hydrogens is 118 g/mol. The number of hydrogen-bond donors (Lipinski definition) is 2. The van der Waals surface area contributed by atoms with E-state index < -0.39 is 0 Å². The molecule has 1 aliphatic heterocycles. The molecule has 0 aromatic carbocycles. The van der Waals surface area contributed by atoms with E-state index >= 15 is 0 Å². The van der Waals surface area contributed by atoms with Crippen molar-refractivity contribution in [3.05, 3.63) is 0 Å². The van der Waals surface area contributed by atoms with Crippen molar-refractivity contribution in [1.29, 1.82) is 0 Å². The third kappa shape index (κ3) is 1.62. The second kappa shape index (κ2) is 3.12. The van der Waals surface area contributed by atoms with Gasteiger partial charge in [-0.25, -0.2) is 5.43 Å². The molecule has 0 aromatic heterocycles. The van der Waals surface area contributed by atoms with E-state index in [-0.39, 0.29) is 6.17 Å². The minimum Gasteiger partial charge on any atom is -0.377 e. The van der Waals surface area contributed by atoms with Gasteiger partial charge >= 0.3 is 0 Å². The lowest BCUT2D eigenvalue weighted by atomic mass is 10.4. The molecule has 0 radical (unpaired) electrons.